The van der Waals surface area contributed by atoms with E-state index in [4.69, 9.17) is 0 Å². The van der Waals surface area contributed by atoms with Crippen LogP contribution in [0.3, 0.4) is 0 Å². The van der Waals surface area contributed by atoms with Crippen LogP contribution in [-0.2, 0) is 20.4 Å². The van der Waals surface area contributed by atoms with Crippen LogP contribution in [0.15, 0.2) is 0 Å². The van der Waals surface area contributed by atoms with Crippen molar-refractivity contribution in [2.75, 3.05) is 20.1 Å². The van der Waals surface area contributed by atoms with E-state index in [1.165, 1.54) is 32.4 Å². The third kappa shape index (κ3) is 10.6. The van der Waals surface area contributed by atoms with E-state index in [2.05, 4.69) is 32.2 Å². The molecule has 0 unspecified atom stereocenters. The molecule has 0 spiro atoms. The summed E-state index contributed by atoms with van der Waals surface area (Å²) in [5.41, 5.74) is 0. The largest absolute Gasteiger partial charge is 0.327 e. The summed E-state index contributed by atoms with van der Waals surface area (Å²) in [6.45, 7) is 6.80. The minimum atomic E-state index is 0. The van der Waals surface area contributed by atoms with Crippen LogP contribution in [-0.4, -0.2) is 25.0 Å². The molecule has 11 heavy (non-hydrogen) atoms. The monoisotopic (exact) mass is 329 g/mol. The van der Waals surface area contributed by atoms with Crippen molar-refractivity contribution in [2.24, 2.45) is 0 Å². The molecule has 0 aromatic rings. The van der Waals surface area contributed by atoms with Gasteiger partial charge in [-0.25, -0.2) is 0 Å². The molecule has 1 nitrogen and oxygen atoms in total. The van der Waals surface area contributed by atoms with Gasteiger partial charge in [0.15, 0.2) is 0 Å². The Morgan fingerprint density at radius 2 is 1.82 bits per heavy atom. The summed E-state index contributed by atoms with van der Waals surface area (Å²) in [7, 11) is 2.17. The molecule has 69 valence electrons. The van der Waals surface area contributed by atoms with Crippen molar-refractivity contribution in [3.05, 3.63) is 6.42 Å². The first-order valence-corrected chi connectivity index (χ1v) is 4.31. The van der Waals surface area contributed by atoms with Gasteiger partial charge in [-0.3, -0.25) is 0 Å². The summed E-state index contributed by atoms with van der Waals surface area (Å²) >= 11 is 0. The third-order valence-corrected chi connectivity index (χ3v) is 1.75. The van der Waals surface area contributed by atoms with Crippen LogP contribution in [0.4, 0.5) is 0 Å². The van der Waals surface area contributed by atoms with E-state index in [9.17, 15) is 0 Å². The number of nitrogens with zero attached hydrogens (tertiary/aromatic N) is 1. The molecule has 0 aliphatic carbocycles. The van der Waals surface area contributed by atoms with Crippen molar-refractivity contribution in [2.45, 2.75) is 33.1 Å². The van der Waals surface area contributed by atoms with Crippen molar-refractivity contribution in [1.82, 2.24) is 4.90 Å². The van der Waals surface area contributed by atoms with E-state index in [-0.39, 0.29) is 20.4 Å². The van der Waals surface area contributed by atoms with Gasteiger partial charge in [0.25, 0.3) is 0 Å². The third-order valence-electron chi connectivity index (χ3n) is 1.75. The fourth-order valence-electron chi connectivity index (χ4n) is 0.818. The standard InChI is InChI=1S/C9H20N.Re/c1-4-6-7-8-9-10(3)5-2;/h7H,4-6,8-9H2,1-3H3;/q-1;. The molecule has 0 N–H and O–H groups in total. The van der Waals surface area contributed by atoms with Crippen LogP contribution in [0.2, 0.25) is 0 Å². The van der Waals surface area contributed by atoms with Gasteiger partial charge in [-0.2, -0.15) is 12.8 Å². The zero-order valence-electron chi connectivity index (χ0n) is 7.94. The van der Waals surface area contributed by atoms with Gasteiger partial charge in [0.2, 0.25) is 0 Å². The van der Waals surface area contributed by atoms with Gasteiger partial charge in [0.1, 0.15) is 0 Å². The van der Waals surface area contributed by atoms with E-state index in [0.29, 0.717) is 0 Å². The molecule has 0 bridgehead atoms. The van der Waals surface area contributed by atoms with Gasteiger partial charge in [0, 0.05) is 20.4 Å². The maximum Gasteiger partial charge on any atom is 0 e. The van der Waals surface area contributed by atoms with Crippen LogP contribution in [0.1, 0.15) is 33.1 Å². The Morgan fingerprint density at radius 1 is 1.18 bits per heavy atom. The molecule has 0 fully saturated rings. The van der Waals surface area contributed by atoms with Crippen LogP contribution in [0.5, 0.6) is 0 Å². The predicted molar refractivity (Wildman–Crippen MR) is 47.0 cm³/mol. The Labute approximate surface area is 85.2 Å². The van der Waals surface area contributed by atoms with E-state index in [0.717, 1.165) is 0 Å². The Kier molecular flexibility index (Phi) is 13.7. The molecule has 0 atom stereocenters. The molecule has 0 saturated carbocycles. The second kappa shape index (κ2) is 10.6. The zero-order valence-corrected chi connectivity index (χ0v) is 10.7. The second-order valence-corrected chi connectivity index (χ2v) is 2.76. The molecule has 0 rings (SSSR count). The maximum atomic E-state index is 2.38. The molecule has 0 aliphatic heterocycles. The molecule has 0 aromatic heterocycles. The fourth-order valence-corrected chi connectivity index (χ4v) is 0.818. The summed E-state index contributed by atoms with van der Waals surface area (Å²) in [6, 6.07) is 0. The Bertz CT molecular complexity index is 66.6. The van der Waals surface area contributed by atoms with Crippen molar-refractivity contribution < 1.29 is 20.4 Å². The SMILES string of the molecule is CCC[CH-]CCN(C)CC.[Re]. The number of rotatable bonds is 6. The van der Waals surface area contributed by atoms with Crippen molar-refractivity contribution in [3.63, 3.8) is 0 Å². The average Bonchev–Trinajstić information content (AvgIpc) is 1.98. The van der Waals surface area contributed by atoms with Gasteiger partial charge in [-0.15, -0.1) is 0 Å². The second-order valence-electron chi connectivity index (χ2n) is 2.76. The molecule has 1 radical (unpaired) electrons. The number of unbranched alkanes of at least 4 members (excludes halogenated alkanes) is 3. The smallest absolute Gasteiger partial charge is 0 e. The molecule has 0 aromatic carbocycles. The molecule has 0 amide bonds. The quantitative estimate of drug-likeness (QED) is 0.534. The van der Waals surface area contributed by atoms with Gasteiger partial charge in [-0.05, 0) is 20.1 Å². The van der Waals surface area contributed by atoms with Crippen molar-refractivity contribution >= 4 is 0 Å². The topological polar surface area (TPSA) is 3.24 Å². The van der Waals surface area contributed by atoms with Gasteiger partial charge < -0.3 is 11.3 Å². The molecular formula is C9H20NRe-. The predicted octanol–water partition coefficient (Wildman–Crippen LogP) is 2.33. The minimum Gasteiger partial charge on any atom is -0.327 e. The van der Waals surface area contributed by atoms with E-state index in [1.807, 2.05) is 0 Å². The van der Waals surface area contributed by atoms with Gasteiger partial charge in [-0.1, -0.05) is 20.3 Å². The van der Waals surface area contributed by atoms with Crippen molar-refractivity contribution in [1.29, 1.82) is 0 Å². The van der Waals surface area contributed by atoms with Crippen LogP contribution >= 0.6 is 0 Å². The number of hydrogen-bond acceptors (Lipinski definition) is 1. The molecular weight excluding hydrogens is 308 g/mol. The molecule has 0 aliphatic rings. The summed E-state index contributed by atoms with van der Waals surface area (Å²) in [5.74, 6) is 0. The van der Waals surface area contributed by atoms with Crippen LogP contribution in [0.25, 0.3) is 0 Å². The van der Waals surface area contributed by atoms with Crippen LogP contribution in [0, 0.1) is 6.42 Å². The zero-order chi connectivity index (χ0) is 7.82. The van der Waals surface area contributed by atoms with Crippen LogP contribution < -0.4 is 0 Å². The van der Waals surface area contributed by atoms with E-state index < -0.39 is 0 Å². The summed E-state index contributed by atoms with van der Waals surface area (Å²) < 4.78 is 0. The average molecular weight is 328 g/mol. The summed E-state index contributed by atoms with van der Waals surface area (Å²) in [5, 5.41) is 0. The van der Waals surface area contributed by atoms with E-state index in [1.54, 1.807) is 0 Å². The molecule has 0 heterocycles. The van der Waals surface area contributed by atoms with Crippen molar-refractivity contribution in [3.8, 4) is 0 Å². The summed E-state index contributed by atoms with van der Waals surface area (Å²) in [6.07, 6.45) is 6.19. The molecule has 0 saturated heterocycles. The Balaban J connectivity index is 0. The minimum absolute atomic E-state index is 0. The summed E-state index contributed by atoms with van der Waals surface area (Å²) in [4.78, 5) is 2.34. The first-order chi connectivity index (χ1) is 4.81. The Morgan fingerprint density at radius 3 is 2.27 bits per heavy atom. The first kappa shape index (κ1) is 14.2. The first-order valence-electron chi connectivity index (χ1n) is 4.31. The van der Waals surface area contributed by atoms with E-state index >= 15 is 0 Å². The normalized spacial score (nSPS) is 9.82. The Hall–Kier alpha value is 0.622. The van der Waals surface area contributed by atoms with Gasteiger partial charge >= 0.3 is 0 Å². The molecule has 2 heteroatoms. The van der Waals surface area contributed by atoms with Gasteiger partial charge in [0.05, 0.1) is 0 Å². The maximum absolute atomic E-state index is 2.38. The number of hydrogen-bond donors (Lipinski definition) is 0. The fraction of sp³-hybridized carbons (Fsp3) is 0.889.